The minimum Gasteiger partial charge on any atom is -0.337 e. The van der Waals surface area contributed by atoms with Gasteiger partial charge in [0.15, 0.2) is 0 Å². The van der Waals surface area contributed by atoms with Crippen LogP contribution in [0.25, 0.3) is 0 Å². The lowest BCUT2D eigenvalue weighted by Crippen LogP contribution is -2.43. The standard InChI is InChI=1S/C14H22N4O2/c1-4-10(5-2)18-13(19)8-11(14(18)20)16-9-12-15-6-7-17(12)3/h6-7,10-11,16H,4-5,8-9H2,1-3H3. The summed E-state index contributed by atoms with van der Waals surface area (Å²) in [5.41, 5.74) is 0. The number of nitrogens with zero attached hydrogens (tertiary/aromatic N) is 3. The summed E-state index contributed by atoms with van der Waals surface area (Å²) in [7, 11) is 1.90. The van der Waals surface area contributed by atoms with Gasteiger partial charge in [0, 0.05) is 25.5 Å². The second kappa shape index (κ2) is 6.17. The molecule has 1 N–H and O–H groups in total. The highest BCUT2D eigenvalue weighted by atomic mass is 16.2. The first kappa shape index (κ1) is 14.7. The molecule has 0 saturated carbocycles. The molecule has 0 aliphatic carbocycles. The van der Waals surface area contributed by atoms with Crippen LogP contribution in [0.2, 0.25) is 0 Å². The Morgan fingerprint density at radius 2 is 2.10 bits per heavy atom. The summed E-state index contributed by atoms with van der Waals surface area (Å²) in [6.45, 7) is 4.50. The zero-order chi connectivity index (χ0) is 14.7. The Labute approximate surface area is 119 Å². The fourth-order valence-electron chi connectivity index (χ4n) is 2.63. The Bertz CT molecular complexity index is 493. The highest BCUT2D eigenvalue weighted by Crippen LogP contribution is 2.20. The first-order chi connectivity index (χ1) is 9.58. The third-order valence-corrected chi connectivity index (χ3v) is 3.92. The van der Waals surface area contributed by atoms with Gasteiger partial charge < -0.3 is 4.57 Å². The number of hydrogen-bond acceptors (Lipinski definition) is 4. The van der Waals surface area contributed by atoms with E-state index in [0.717, 1.165) is 18.7 Å². The molecule has 0 aromatic carbocycles. The molecular weight excluding hydrogens is 256 g/mol. The minimum atomic E-state index is -0.417. The van der Waals surface area contributed by atoms with Gasteiger partial charge in [0.05, 0.1) is 19.0 Å². The first-order valence-corrected chi connectivity index (χ1v) is 7.13. The Balaban J connectivity index is 1.99. The monoisotopic (exact) mass is 278 g/mol. The molecule has 1 aliphatic rings. The van der Waals surface area contributed by atoms with Gasteiger partial charge in [-0.3, -0.25) is 19.8 Å². The van der Waals surface area contributed by atoms with Gasteiger partial charge in [0.2, 0.25) is 11.8 Å². The third kappa shape index (κ3) is 2.75. The topological polar surface area (TPSA) is 67.2 Å². The number of hydrogen-bond donors (Lipinski definition) is 1. The average Bonchev–Trinajstić information content (AvgIpc) is 2.95. The quantitative estimate of drug-likeness (QED) is 0.783. The Hall–Kier alpha value is -1.69. The lowest BCUT2D eigenvalue weighted by Gasteiger charge is -2.24. The van der Waals surface area contributed by atoms with E-state index in [1.807, 2.05) is 31.7 Å². The van der Waals surface area contributed by atoms with Crippen LogP contribution >= 0.6 is 0 Å². The molecule has 0 radical (unpaired) electrons. The number of carbonyl (C=O) groups is 2. The Morgan fingerprint density at radius 3 is 2.65 bits per heavy atom. The number of nitrogens with one attached hydrogen (secondary N) is 1. The zero-order valence-corrected chi connectivity index (χ0v) is 12.3. The van der Waals surface area contributed by atoms with Crippen molar-refractivity contribution in [1.29, 1.82) is 0 Å². The smallest absolute Gasteiger partial charge is 0.247 e. The van der Waals surface area contributed by atoms with Crippen molar-refractivity contribution >= 4 is 11.8 Å². The van der Waals surface area contributed by atoms with E-state index in [9.17, 15) is 9.59 Å². The highest BCUT2D eigenvalue weighted by molar-refractivity contribution is 6.05. The maximum absolute atomic E-state index is 12.3. The molecule has 2 rings (SSSR count). The summed E-state index contributed by atoms with van der Waals surface area (Å²) in [4.78, 5) is 30.0. The molecule has 2 heterocycles. The van der Waals surface area contributed by atoms with Crippen molar-refractivity contribution in [3.05, 3.63) is 18.2 Å². The molecule has 1 saturated heterocycles. The molecular formula is C14H22N4O2. The predicted molar refractivity (Wildman–Crippen MR) is 74.7 cm³/mol. The van der Waals surface area contributed by atoms with E-state index in [1.54, 1.807) is 6.20 Å². The van der Waals surface area contributed by atoms with E-state index in [0.29, 0.717) is 6.54 Å². The van der Waals surface area contributed by atoms with E-state index in [2.05, 4.69) is 10.3 Å². The van der Waals surface area contributed by atoms with Gasteiger partial charge in [-0.25, -0.2) is 4.98 Å². The van der Waals surface area contributed by atoms with Crippen LogP contribution in [-0.4, -0.2) is 38.3 Å². The number of aromatic nitrogens is 2. The van der Waals surface area contributed by atoms with Crippen LogP contribution in [0.1, 0.15) is 38.9 Å². The van der Waals surface area contributed by atoms with E-state index >= 15 is 0 Å². The molecule has 0 spiro atoms. The third-order valence-electron chi connectivity index (χ3n) is 3.92. The molecule has 6 heteroatoms. The van der Waals surface area contributed by atoms with Crippen LogP contribution in [0, 0.1) is 0 Å². The summed E-state index contributed by atoms with van der Waals surface area (Å²) in [6, 6.07) is -0.394. The minimum absolute atomic E-state index is 0.0231. The van der Waals surface area contributed by atoms with E-state index < -0.39 is 6.04 Å². The van der Waals surface area contributed by atoms with Crippen molar-refractivity contribution in [2.24, 2.45) is 7.05 Å². The number of imide groups is 1. The van der Waals surface area contributed by atoms with E-state index in [1.165, 1.54) is 4.90 Å². The van der Waals surface area contributed by atoms with Gasteiger partial charge in [-0.1, -0.05) is 13.8 Å². The molecule has 1 fully saturated rings. The van der Waals surface area contributed by atoms with Crippen LogP contribution in [0.15, 0.2) is 12.4 Å². The maximum atomic E-state index is 12.3. The largest absolute Gasteiger partial charge is 0.337 e. The van der Waals surface area contributed by atoms with Crippen LogP contribution in [0.3, 0.4) is 0 Å². The predicted octanol–water partition coefficient (Wildman–Crippen LogP) is 0.826. The van der Waals surface area contributed by atoms with Crippen LogP contribution < -0.4 is 5.32 Å². The van der Waals surface area contributed by atoms with Crippen molar-refractivity contribution in [2.75, 3.05) is 0 Å². The maximum Gasteiger partial charge on any atom is 0.247 e. The molecule has 1 unspecified atom stereocenters. The summed E-state index contributed by atoms with van der Waals surface area (Å²) in [6.07, 6.45) is 5.43. The Kier molecular flexibility index (Phi) is 4.54. The summed E-state index contributed by atoms with van der Waals surface area (Å²) >= 11 is 0. The van der Waals surface area contributed by atoms with Crippen molar-refractivity contribution in [2.45, 2.75) is 51.7 Å². The molecule has 6 nitrogen and oxygen atoms in total. The van der Waals surface area contributed by atoms with Gasteiger partial charge in [0.1, 0.15) is 5.82 Å². The summed E-state index contributed by atoms with van der Waals surface area (Å²) < 4.78 is 1.90. The van der Waals surface area contributed by atoms with Crippen molar-refractivity contribution in [3.8, 4) is 0 Å². The highest BCUT2D eigenvalue weighted by Gasteiger charge is 2.41. The van der Waals surface area contributed by atoms with Crippen molar-refractivity contribution in [3.63, 3.8) is 0 Å². The zero-order valence-electron chi connectivity index (χ0n) is 12.3. The number of amides is 2. The molecule has 0 bridgehead atoms. The number of imidazole rings is 1. The van der Waals surface area contributed by atoms with Crippen molar-refractivity contribution in [1.82, 2.24) is 19.8 Å². The normalized spacial score (nSPS) is 19.4. The number of carbonyl (C=O) groups excluding carboxylic acids is 2. The molecule has 1 aliphatic heterocycles. The fraction of sp³-hybridized carbons (Fsp3) is 0.643. The molecule has 20 heavy (non-hydrogen) atoms. The van der Waals surface area contributed by atoms with Crippen molar-refractivity contribution < 1.29 is 9.59 Å². The Morgan fingerprint density at radius 1 is 1.40 bits per heavy atom. The second-order valence-corrected chi connectivity index (χ2v) is 5.16. The van der Waals surface area contributed by atoms with Crippen LogP contribution in [-0.2, 0) is 23.2 Å². The number of rotatable bonds is 6. The van der Waals surface area contributed by atoms with Gasteiger partial charge in [-0.05, 0) is 12.8 Å². The van der Waals surface area contributed by atoms with Gasteiger partial charge in [0.25, 0.3) is 0 Å². The van der Waals surface area contributed by atoms with Gasteiger partial charge in [-0.2, -0.15) is 0 Å². The summed E-state index contributed by atoms with van der Waals surface area (Å²) in [5.74, 6) is 0.685. The van der Waals surface area contributed by atoms with Crippen LogP contribution in [0.4, 0.5) is 0 Å². The number of aryl methyl sites for hydroxylation is 1. The van der Waals surface area contributed by atoms with Gasteiger partial charge >= 0.3 is 0 Å². The molecule has 2 amide bonds. The molecule has 1 aromatic rings. The van der Waals surface area contributed by atoms with Gasteiger partial charge in [-0.15, -0.1) is 0 Å². The fourth-order valence-corrected chi connectivity index (χ4v) is 2.63. The van der Waals surface area contributed by atoms with E-state index in [-0.39, 0.29) is 24.3 Å². The van der Waals surface area contributed by atoms with Crippen LogP contribution in [0.5, 0.6) is 0 Å². The second-order valence-electron chi connectivity index (χ2n) is 5.16. The average molecular weight is 278 g/mol. The first-order valence-electron chi connectivity index (χ1n) is 7.13. The van der Waals surface area contributed by atoms with E-state index in [4.69, 9.17) is 0 Å². The number of likely N-dealkylation sites (tertiary alicyclic amines) is 1. The molecule has 1 atom stereocenters. The summed E-state index contributed by atoms with van der Waals surface area (Å²) in [5, 5.41) is 3.14. The molecule has 110 valence electrons. The molecule has 1 aromatic heterocycles. The lowest BCUT2D eigenvalue weighted by molar-refractivity contribution is -0.141. The SMILES string of the molecule is CCC(CC)N1C(=O)CC(NCc2nccn2C)C1=O. The lowest BCUT2D eigenvalue weighted by atomic mass is 10.1.